The molecule has 0 aliphatic rings. The fourth-order valence-corrected chi connectivity index (χ4v) is 2.56. The van der Waals surface area contributed by atoms with Crippen LogP contribution in [-0.2, 0) is 0 Å². The second kappa shape index (κ2) is 5.86. The summed E-state index contributed by atoms with van der Waals surface area (Å²) >= 11 is 0. The quantitative estimate of drug-likeness (QED) is 0.933. The lowest BCUT2D eigenvalue weighted by Gasteiger charge is -2.19. The predicted octanol–water partition coefficient (Wildman–Crippen LogP) is 3.73. The molecule has 0 aliphatic carbocycles. The standard InChI is InChI=1S/C18H24N2O/c1-11(2)20-17(9-8-16(14(5)19)18(20)21)15-7-6-12(3)13(4)10-15/h6-11,14H,19H2,1-5H3. The number of hydrogen-bond acceptors (Lipinski definition) is 2. The zero-order valence-electron chi connectivity index (χ0n) is 13.5. The third-order valence-corrected chi connectivity index (χ3v) is 3.96. The van der Waals surface area contributed by atoms with E-state index in [1.165, 1.54) is 11.1 Å². The first-order valence-electron chi connectivity index (χ1n) is 7.41. The van der Waals surface area contributed by atoms with Gasteiger partial charge in [0.25, 0.3) is 5.56 Å². The maximum atomic E-state index is 12.7. The van der Waals surface area contributed by atoms with Crippen LogP contribution >= 0.6 is 0 Å². The van der Waals surface area contributed by atoms with E-state index in [0.717, 1.165) is 11.3 Å². The number of benzene rings is 1. The topological polar surface area (TPSA) is 48.0 Å². The van der Waals surface area contributed by atoms with E-state index >= 15 is 0 Å². The van der Waals surface area contributed by atoms with Gasteiger partial charge in [0, 0.05) is 17.6 Å². The molecule has 2 N–H and O–H groups in total. The summed E-state index contributed by atoms with van der Waals surface area (Å²) < 4.78 is 1.84. The minimum Gasteiger partial charge on any atom is -0.324 e. The maximum Gasteiger partial charge on any atom is 0.256 e. The Hall–Kier alpha value is -1.87. The zero-order chi connectivity index (χ0) is 15.7. The number of hydrogen-bond donors (Lipinski definition) is 1. The number of aryl methyl sites for hydroxylation is 2. The minimum absolute atomic E-state index is 0.00993. The zero-order valence-corrected chi connectivity index (χ0v) is 13.5. The molecule has 0 radical (unpaired) electrons. The molecule has 3 heteroatoms. The van der Waals surface area contributed by atoms with Crippen molar-refractivity contribution >= 4 is 0 Å². The molecule has 0 bridgehead atoms. The highest BCUT2D eigenvalue weighted by Gasteiger charge is 2.15. The van der Waals surface area contributed by atoms with E-state index in [1.807, 2.05) is 37.5 Å². The molecular formula is C18H24N2O. The normalized spacial score (nSPS) is 12.7. The summed E-state index contributed by atoms with van der Waals surface area (Å²) in [6, 6.07) is 10.00. The van der Waals surface area contributed by atoms with Crippen LogP contribution in [0.4, 0.5) is 0 Å². The van der Waals surface area contributed by atoms with Crippen LogP contribution in [0.15, 0.2) is 35.1 Å². The summed E-state index contributed by atoms with van der Waals surface area (Å²) in [4.78, 5) is 12.7. The number of pyridine rings is 1. The first-order valence-corrected chi connectivity index (χ1v) is 7.41. The van der Waals surface area contributed by atoms with Crippen molar-refractivity contribution in [3.05, 3.63) is 57.4 Å². The predicted molar refractivity (Wildman–Crippen MR) is 88.6 cm³/mol. The number of nitrogens with zero attached hydrogens (tertiary/aromatic N) is 1. The third kappa shape index (κ3) is 2.93. The second-order valence-electron chi connectivity index (χ2n) is 6.03. The van der Waals surface area contributed by atoms with Gasteiger partial charge in [-0.2, -0.15) is 0 Å². The summed E-state index contributed by atoms with van der Waals surface area (Å²) in [6.07, 6.45) is 0. The average Bonchev–Trinajstić information content (AvgIpc) is 2.40. The van der Waals surface area contributed by atoms with E-state index < -0.39 is 0 Å². The van der Waals surface area contributed by atoms with Crippen LogP contribution < -0.4 is 11.3 Å². The summed E-state index contributed by atoms with van der Waals surface area (Å²) in [7, 11) is 0. The van der Waals surface area contributed by atoms with E-state index in [9.17, 15) is 4.79 Å². The first kappa shape index (κ1) is 15.5. The van der Waals surface area contributed by atoms with Crippen molar-refractivity contribution in [3.63, 3.8) is 0 Å². The van der Waals surface area contributed by atoms with Crippen molar-refractivity contribution in [3.8, 4) is 11.3 Å². The van der Waals surface area contributed by atoms with Crippen LogP contribution in [0.5, 0.6) is 0 Å². The van der Waals surface area contributed by atoms with Crippen LogP contribution in [0.25, 0.3) is 11.3 Å². The van der Waals surface area contributed by atoms with Crippen molar-refractivity contribution in [2.75, 3.05) is 0 Å². The minimum atomic E-state index is -0.253. The number of aromatic nitrogens is 1. The van der Waals surface area contributed by atoms with Gasteiger partial charge in [-0.3, -0.25) is 4.79 Å². The molecule has 0 aliphatic heterocycles. The van der Waals surface area contributed by atoms with E-state index in [-0.39, 0.29) is 17.6 Å². The Kier molecular flexibility index (Phi) is 4.33. The van der Waals surface area contributed by atoms with Crippen LogP contribution in [0.2, 0.25) is 0 Å². The van der Waals surface area contributed by atoms with E-state index in [1.54, 1.807) is 0 Å². The summed E-state index contributed by atoms with van der Waals surface area (Å²) in [6.45, 7) is 10.1. The highest BCUT2D eigenvalue weighted by atomic mass is 16.1. The Labute approximate surface area is 126 Å². The molecule has 1 heterocycles. The van der Waals surface area contributed by atoms with Crippen LogP contribution in [0, 0.1) is 13.8 Å². The fourth-order valence-electron chi connectivity index (χ4n) is 2.56. The average molecular weight is 284 g/mol. The van der Waals surface area contributed by atoms with Gasteiger partial charge in [-0.1, -0.05) is 12.1 Å². The van der Waals surface area contributed by atoms with Crippen molar-refractivity contribution in [2.24, 2.45) is 5.73 Å². The number of rotatable bonds is 3. The molecule has 1 unspecified atom stereocenters. The summed E-state index contributed by atoms with van der Waals surface area (Å²) in [5.41, 5.74) is 11.1. The lowest BCUT2D eigenvalue weighted by atomic mass is 10.0. The van der Waals surface area contributed by atoms with Gasteiger partial charge in [0.1, 0.15) is 0 Å². The van der Waals surface area contributed by atoms with Crippen molar-refractivity contribution in [1.29, 1.82) is 0 Å². The molecule has 1 atom stereocenters. The van der Waals surface area contributed by atoms with Gasteiger partial charge in [-0.15, -0.1) is 0 Å². The maximum absolute atomic E-state index is 12.7. The Balaban J connectivity index is 2.71. The Morgan fingerprint density at radius 3 is 2.19 bits per heavy atom. The third-order valence-electron chi connectivity index (χ3n) is 3.96. The van der Waals surface area contributed by atoms with Crippen LogP contribution in [-0.4, -0.2) is 4.57 Å². The van der Waals surface area contributed by atoms with Gasteiger partial charge in [-0.25, -0.2) is 0 Å². The monoisotopic (exact) mass is 284 g/mol. The van der Waals surface area contributed by atoms with Gasteiger partial charge >= 0.3 is 0 Å². The molecule has 1 aromatic heterocycles. The SMILES string of the molecule is Cc1ccc(-c2ccc(C(C)N)c(=O)n2C(C)C)cc1C. The van der Waals surface area contributed by atoms with Crippen LogP contribution in [0.3, 0.4) is 0 Å². The van der Waals surface area contributed by atoms with Gasteiger partial charge in [-0.05, 0) is 69.5 Å². The Morgan fingerprint density at radius 2 is 1.67 bits per heavy atom. The van der Waals surface area contributed by atoms with E-state index in [0.29, 0.717) is 5.56 Å². The van der Waals surface area contributed by atoms with Crippen molar-refractivity contribution in [1.82, 2.24) is 4.57 Å². The molecule has 1 aromatic carbocycles. The van der Waals surface area contributed by atoms with Gasteiger partial charge < -0.3 is 10.3 Å². The van der Waals surface area contributed by atoms with Crippen molar-refractivity contribution in [2.45, 2.75) is 46.7 Å². The summed E-state index contributed by atoms with van der Waals surface area (Å²) in [5.74, 6) is 0. The molecule has 21 heavy (non-hydrogen) atoms. The smallest absolute Gasteiger partial charge is 0.256 e. The van der Waals surface area contributed by atoms with E-state index in [2.05, 4.69) is 32.0 Å². The Bertz CT molecular complexity index is 712. The van der Waals surface area contributed by atoms with Crippen LogP contribution in [0.1, 0.15) is 49.5 Å². The molecule has 0 spiro atoms. The highest BCUT2D eigenvalue weighted by Crippen LogP contribution is 2.24. The molecule has 0 fully saturated rings. The summed E-state index contributed by atoms with van der Waals surface area (Å²) in [5, 5.41) is 0. The lowest BCUT2D eigenvalue weighted by Crippen LogP contribution is -2.29. The fraction of sp³-hybridized carbons (Fsp3) is 0.389. The molecule has 0 saturated carbocycles. The molecule has 112 valence electrons. The molecule has 2 rings (SSSR count). The molecule has 0 amide bonds. The van der Waals surface area contributed by atoms with Gasteiger partial charge in [0.15, 0.2) is 0 Å². The molecule has 3 nitrogen and oxygen atoms in total. The Morgan fingerprint density at radius 1 is 1.00 bits per heavy atom. The molecular weight excluding hydrogens is 260 g/mol. The first-order chi connectivity index (χ1) is 9.82. The molecule has 2 aromatic rings. The van der Waals surface area contributed by atoms with Crippen molar-refractivity contribution < 1.29 is 0 Å². The number of nitrogens with two attached hydrogens (primary N) is 1. The molecule has 0 saturated heterocycles. The lowest BCUT2D eigenvalue weighted by molar-refractivity contribution is 0.574. The largest absolute Gasteiger partial charge is 0.324 e. The van der Waals surface area contributed by atoms with E-state index in [4.69, 9.17) is 5.73 Å². The second-order valence-corrected chi connectivity index (χ2v) is 6.03. The van der Waals surface area contributed by atoms with Gasteiger partial charge in [0.2, 0.25) is 0 Å². The van der Waals surface area contributed by atoms with Gasteiger partial charge in [0.05, 0.1) is 5.69 Å². The highest BCUT2D eigenvalue weighted by molar-refractivity contribution is 5.62.